The fraction of sp³-hybridized carbons (Fsp3) is 0. The summed E-state index contributed by atoms with van der Waals surface area (Å²) in [5.41, 5.74) is 6.40. The quantitative estimate of drug-likeness (QED) is 0.796. The lowest BCUT2D eigenvalue weighted by molar-refractivity contribution is 0.102. The van der Waals surface area contributed by atoms with Crippen LogP contribution in [0.3, 0.4) is 0 Å². The van der Waals surface area contributed by atoms with Crippen LogP contribution in [0.4, 0.5) is 11.5 Å². The highest BCUT2D eigenvalue weighted by molar-refractivity contribution is 6.33. The van der Waals surface area contributed by atoms with Crippen molar-refractivity contribution in [3.63, 3.8) is 0 Å². The van der Waals surface area contributed by atoms with Crippen LogP contribution in [-0.4, -0.2) is 15.9 Å². The summed E-state index contributed by atoms with van der Waals surface area (Å²) in [6.07, 6.45) is 4.47. The molecule has 2 aromatic rings. The molecule has 0 spiro atoms. The first kappa shape index (κ1) is 11.3. The van der Waals surface area contributed by atoms with Crippen molar-refractivity contribution in [2.75, 3.05) is 11.1 Å². The zero-order chi connectivity index (χ0) is 12.3. The first-order valence-electron chi connectivity index (χ1n) is 4.79. The molecule has 86 valence electrons. The standard InChI is InChI=1S/C11H9ClN4O/c12-8-5-7(1-2-9(8)13)11(17)16-10-6-14-3-4-15-10/h1-6H,13H2,(H,15,16,17). The molecule has 17 heavy (non-hydrogen) atoms. The second-order valence-corrected chi connectivity index (χ2v) is 3.69. The summed E-state index contributed by atoms with van der Waals surface area (Å²) < 4.78 is 0. The van der Waals surface area contributed by atoms with Crippen LogP contribution in [0.15, 0.2) is 36.8 Å². The molecule has 0 aliphatic carbocycles. The number of hydrogen-bond acceptors (Lipinski definition) is 4. The Bertz CT molecular complexity index is 544. The predicted octanol–water partition coefficient (Wildman–Crippen LogP) is 1.96. The molecule has 0 aliphatic rings. The van der Waals surface area contributed by atoms with Crippen molar-refractivity contribution in [3.8, 4) is 0 Å². The lowest BCUT2D eigenvalue weighted by atomic mass is 10.2. The average molecular weight is 249 g/mol. The van der Waals surface area contributed by atoms with Crippen LogP contribution < -0.4 is 11.1 Å². The van der Waals surface area contributed by atoms with Crippen LogP contribution in [-0.2, 0) is 0 Å². The Morgan fingerprint density at radius 3 is 2.82 bits per heavy atom. The molecule has 1 aromatic carbocycles. The summed E-state index contributed by atoms with van der Waals surface area (Å²) >= 11 is 5.83. The Morgan fingerprint density at radius 2 is 2.18 bits per heavy atom. The van der Waals surface area contributed by atoms with Gasteiger partial charge in [0.05, 0.1) is 16.9 Å². The van der Waals surface area contributed by atoms with Crippen LogP contribution in [0.5, 0.6) is 0 Å². The number of nitrogens with one attached hydrogen (secondary N) is 1. The van der Waals surface area contributed by atoms with Gasteiger partial charge in [-0.15, -0.1) is 0 Å². The summed E-state index contributed by atoms with van der Waals surface area (Å²) in [6, 6.07) is 4.67. The highest BCUT2D eigenvalue weighted by Gasteiger charge is 2.08. The van der Waals surface area contributed by atoms with Crippen molar-refractivity contribution in [2.45, 2.75) is 0 Å². The van der Waals surface area contributed by atoms with Crippen LogP contribution in [0.25, 0.3) is 0 Å². The molecular formula is C11H9ClN4O. The molecule has 0 saturated heterocycles. The van der Waals surface area contributed by atoms with E-state index in [1.165, 1.54) is 24.7 Å². The number of anilines is 2. The van der Waals surface area contributed by atoms with Gasteiger partial charge in [-0.25, -0.2) is 4.98 Å². The Kier molecular flexibility index (Phi) is 3.20. The van der Waals surface area contributed by atoms with Crippen molar-refractivity contribution < 1.29 is 4.79 Å². The molecule has 0 saturated carbocycles. The third-order valence-corrected chi connectivity index (χ3v) is 2.39. The number of carbonyl (C=O) groups is 1. The van der Waals surface area contributed by atoms with E-state index in [4.69, 9.17) is 17.3 Å². The maximum Gasteiger partial charge on any atom is 0.256 e. The van der Waals surface area contributed by atoms with E-state index < -0.39 is 0 Å². The monoisotopic (exact) mass is 248 g/mol. The molecule has 5 nitrogen and oxygen atoms in total. The average Bonchev–Trinajstić information content (AvgIpc) is 2.34. The lowest BCUT2D eigenvalue weighted by Crippen LogP contribution is -2.13. The summed E-state index contributed by atoms with van der Waals surface area (Å²) in [7, 11) is 0. The second-order valence-electron chi connectivity index (χ2n) is 3.28. The molecule has 1 aromatic heterocycles. The van der Waals surface area contributed by atoms with E-state index in [9.17, 15) is 4.79 Å². The summed E-state index contributed by atoms with van der Waals surface area (Å²) in [5.74, 6) is 0.0675. The number of nitrogens with two attached hydrogens (primary N) is 1. The summed E-state index contributed by atoms with van der Waals surface area (Å²) in [4.78, 5) is 19.6. The van der Waals surface area contributed by atoms with Crippen molar-refractivity contribution in [3.05, 3.63) is 47.4 Å². The molecule has 2 rings (SSSR count). The van der Waals surface area contributed by atoms with Gasteiger partial charge in [0.1, 0.15) is 0 Å². The van der Waals surface area contributed by atoms with Gasteiger partial charge in [-0.05, 0) is 18.2 Å². The number of carbonyl (C=O) groups excluding carboxylic acids is 1. The Hall–Kier alpha value is -2.14. The number of rotatable bonds is 2. The molecule has 3 N–H and O–H groups in total. The fourth-order valence-corrected chi connectivity index (χ4v) is 1.40. The van der Waals surface area contributed by atoms with Gasteiger partial charge in [0.15, 0.2) is 5.82 Å². The molecule has 0 atom stereocenters. The highest BCUT2D eigenvalue weighted by atomic mass is 35.5. The lowest BCUT2D eigenvalue weighted by Gasteiger charge is -2.05. The Morgan fingerprint density at radius 1 is 1.35 bits per heavy atom. The minimum atomic E-state index is -0.313. The van der Waals surface area contributed by atoms with Crippen LogP contribution in [0.1, 0.15) is 10.4 Å². The van der Waals surface area contributed by atoms with Gasteiger partial charge in [-0.2, -0.15) is 0 Å². The minimum Gasteiger partial charge on any atom is -0.398 e. The third-order valence-electron chi connectivity index (χ3n) is 2.07. The van der Waals surface area contributed by atoms with Gasteiger partial charge in [0.2, 0.25) is 0 Å². The number of amides is 1. The van der Waals surface area contributed by atoms with Crippen molar-refractivity contribution in [1.82, 2.24) is 9.97 Å². The molecule has 0 aliphatic heterocycles. The van der Waals surface area contributed by atoms with E-state index in [1.807, 2.05) is 0 Å². The van der Waals surface area contributed by atoms with Gasteiger partial charge < -0.3 is 11.1 Å². The second kappa shape index (κ2) is 4.80. The van der Waals surface area contributed by atoms with E-state index >= 15 is 0 Å². The number of aromatic nitrogens is 2. The maximum atomic E-state index is 11.8. The smallest absolute Gasteiger partial charge is 0.256 e. The molecule has 0 radical (unpaired) electrons. The number of halogens is 1. The van der Waals surface area contributed by atoms with Crippen molar-refractivity contribution in [1.29, 1.82) is 0 Å². The topological polar surface area (TPSA) is 80.9 Å². The Balaban J connectivity index is 2.18. The van der Waals surface area contributed by atoms with E-state index in [2.05, 4.69) is 15.3 Å². The first-order valence-corrected chi connectivity index (χ1v) is 5.17. The fourth-order valence-electron chi connectivity index (χ4n) is 1.22. The van der Waals surface area contributed by atoms with Gasteiger partial charge in [0.25, 0.3) is 5.91 Å². The molecular weight excluding hydrogens is 240 g/mol. The van der Waals surface area contributed by atoms with Crippen LogP contribution in [0, 0.1) is 0 Å². The summed E-state index contributed by atoms with van der Waals surface area (Å²) in [6.45, 7) is 0. The first-order chi connectivity index (χ1) is 8.16. The normalized spacial score (nSPS) is 9.94. The minimum absolute atomic E-state index is 0.313. The van der Waals surface area contributed by atoms with Gasteiger partial charge >= 0.3 is 0 Å². The third kappa shape index (κ3) is 2.70. The molecule has 6 heteroatoms. The Labute approximate surface area is 103 Å². The largest absolute Gasteiger partial charge is 0.398 e. The van der Waals surface area contributed by atoms with Gasteiger partial charge in [0, 0.05) is 18.0 Å². The number of hydrogen-bond donors (Lipinski definition) is 2. The van der Waals surface area contributed by atoms with Crippen LogP contribution in [0.2, 0.25) is 5.02 Å². The van der Waals surface area contributed by atoms with Gasteiger partial charge in [-0.3, -0.25) is 9.78 Å². The zero-order valence-corrected chi connectivity index (χ0v) is 9.48. The number of nitrogen functional groups attached to an aromatic ring is 1. The maximum absolute atomic E-state index is 11.8. The molecule has 1 amide bonds. The number of benzene rings is 1. The summed E-state index contributed by atoms with van der Waals surface area (Å²) in [5, 5.41) is 2.94. The van der Waals surface area contributed by atoms with E-state index in [-0.39, 0.29) is 5.91 Å². The highest BCUT2D eigenvalue weighted by Crippen LogP contribution is 2.20. The van der Waals surface area contributed by atoms with Crippen LogP contribution >= 0.6 is 11.6 Å². The zero-order valence-electron chi connectivity index (χ0n) is 8.72. The van der Waals surface area contributed by atoms with E-state index in [0.29, 0.717) is 22.1 Å². The van der Waals surface area contributed by atoms with E-state index in [1.54, 1.807) is 12.1 Å². The molecule has 1 heterocycles. The van der Waals surface area contributed by atoms with Gasteiger partial charge in [-0.1, -0.05) is 11.6 Å². The molecule has 0 bridgehead atoms. The van der Waals surface area contributed by atoms with E-state index in [0.717, 1.165) is 0 Å². The SMILES string of the molecule is Nc1ccc(C(=O)Nc2cnccn2)cc1Cl. The van der Waals surface area contributed by atoms with Crippen molar-refractivity contribution >= 4 is 29.0 Å². The molecule has 0 fully saturated rings. The predicted molar refractivity (Wildman–Crippen MR) is 65.8 cm³/mol. The molecule has 0 unspecified atom stereocenters. The number of nitrogens with zero attached hydrogens (tertiary/aromatic N) is 2. The van der Waals surface area contributed by atoms with Crippen molar-refractivity contribution in [2.24, 2.45) is 0 Å².